The molecule has 110 valence electrons. The van der Waals surface area contributed by atoms with E-state index in [1.165, 1.54) is 22.5 Å². The third kappa shape index (κ3) is 2.25. The molecule has 0 atom stereocenters. The highest BCUT2D eigenvalue weighted by atomic mass is 32.2. The van der Waals surface area contributed by atoms with E-state index in [0.29, 0.717) is 29.9 Å². The van der Waals surface area contributed by atoms with Crippen LogP contribution in [0.1, 0.15) is 11.1 Å². The molecule has 0 radical (unpaired) electrons. The fraction of sp³-hybridized carbons (Fsp3) is 0.200. The molecule has 0 saturated carbocycles. The Kier molecular flexibility index (Phi) is 3.13. The number of hydrogen-bond acceptors (Lipinski definition) is 3. The molecule has 1 aliphatic heterocycles. The molecular weight excluding hydrogens is 291 g/mol. The Balaban J connectivity index is 2.11. The van der Waals surface area contributed by atoms with Gasteiger partial charge in [0.25, 0.3) is 10.0 Å². The van der Waals surface area contributed by atoms with E-state index in [1.807, 2.05) is 0 Å². The highest BCUT2D eigenvalue weighted by molar-refractivity contribution is 7.93. The maximum absolute atomic E-state index is 13.4. The minimum atomic E-state index is -3.71. The van der Waals surface area contributed by atoms with Crippen molar-refractivity contribution in [3.63, 3.8) is 0 Å². The quantitative estimate of drug-likeness (QED) is 0.867. The molecule has 4 nitrogen and oxygen atoms in total. The van der Waals surface area contributed by atoms with Crippen molar-refractivity contribution in [1.82, 2.24) is 0 Å². The lowest BCUT2D eigenvalue weighted by atomic mass is 10.2. The molecule has 2 aromatic carbocycles. The molecule has 2 N–H and O–H groups in total. The number of halogens is 1. The maximum Gasteiger partial charge on any atom is 0.264 e. The summed E-state index contributed by atoms with van der Waals surface area (Å²) in [6, 6.07) is 8.93. The first-order valence-corrected chi connectivity index (χ1v) is 8.01. The number of nitrogen functional groups attached to an aromatic ring is 1. The summed E-state index contributed by atoms with van der Waals surface area (Å²) in [6.45, 7) is 2.02. The fourth-order valence-corrected chi connectivity index (χ4v) is 4.36. The average molecular weight is 306 g/mol. The molecule has 0 fully saturated rings. The number of hydrogen-bond donors (Lipinski definition) is 1. The topological polar surface area (TPSA) is 63.4 Å². The van der Waals surface area contributed by atoms with Crippen molar-refractivity contribution in [3.8, 4) is 0 Å². The zero-order valence-corrected chi connectivity index (χ0v) is 12.3. The summed E-state index contributed by atoms with van der Waals surface area (Å²) in [5.74, 6) is -0.440. The maximum atomic E-state index is 13.4. The normalized spacial score (nSPS) is 14.3. The minimum Gasteiger partial charge on any atom is -0.399 e. The van der Waals surface area contributed by atoms with E-state index in [-0.39, 0.29) is 4.90 Å². The second-order valence-electron chi connectivity index (χ2n) is 5.13. The molecule has 1 aliphatic rings. The Labute approximate surface area is 123 Å². The number of nitrogens with two attached hydrogens (primary N) is 1. The number of anilines is 2. The van der Waals surface area contributed by atoms with Crippen molar-refractivity contribution in [1.29, 1.82) is 0 Å². The number of nitrogens with zero attached hydrogens (tertiary/aromatic N) is 1. The first-order chi connectivity index (χ1) is 9.89. The monoisotopic (exact) mass is 306 g/mol. The van der Waals surface area contributed by atoms with Gasteiger partial charge in [-0.15, -0.1) is 0 Å². The van der Waals surface area contributed by atoms with Gasteiger partial charge in [0.05, 0.1) is 10.6 Å². The minimum absolute atomic E-state index is 0.203. The van der Waals surface area contributed by atoms with E-state index in [9.17, 15) is 12.8 Å². The molecule has 0 aromatic heterocycles. The van der Waals surface area contributed by atoms with Crippen molar-refractivity contribution in [2.45, 2.75) is 18.2 Å². The molecule has 0 spiro atoms. The van der Waals surface area contributed by atoms with E-state index in [2.05, 4.69) is 0 Å². The molecule has 0 aliphatic carbocycles. The van der Waals surface area contributed by atoms with Crippen LogP contribution in [0, 0.1) is 12.7 Å². The Morgan fingerprint density at radius 3 is 2.67 bits per heavy atom. The molecule has 3 rings (SSSR count). The van der Waals surface area contributed by atoms with Crippen LogP contribution < -0.4 is 10.0 Å². The van der Waals surface area contributed by atoms with Crippen LogP contribution in [0.15, 0.2) is 41.3 Å². The van der Waals surface area contributed by atoms with Gasteiger partial charge in [-0.1, -0.05) is 6.07 Å². The summed E-state index contributed by atoms with van der Waals surface area (Å²) < 4.78 is 40.3. The van der Waals surface area contributed by atoms with Crippen LogP contribution in [-0.4, -0.2) is 15.0 Å². The van der Waals surface area contributed by atoms with Crippen LogP contribution >= 0.6 is 0 Å². The second-order valence-corrected chi connectivity index (χ2v) is 6.96. The van der Waals surface area contributed by atoms with Crippen molar-refractivity contribution >= 4 is 21.4 Å². The van der Waals surface area contributed by atoms with Crippen molar-refractivity contribution in [2.75, 3.05) is 16.6 Å². The summed E-state index contributed by atoms with van der Waals surface area (Å²) >= 11 is 0. The van der Waals surface area contributed by atoms with Crippen LogP contribution in [0.25, 0.3) is 0 Å². The van der Waals surface area contributed by atoms with Crippen LogP contribution in [0.3, 0.4) is 0 Å². The zero-order chi connectivity index (χ0) is 15.2. The summed E-state index contributed by atoms with van der Waals surface area (Å²) in [7, 11) is -3.71. The Morgan fingerprint density at radius 2 is 1.95 bits per heavy atom. The standard InChI is InChI=1S/C15H15FN2O2S/c1-10-8-13(17)4-5-15(10)21(19,20)18-7-6-11-2-3-12(16)9-14(11)18/h2-5,8-9H,6-7,17H2,1H3. The summed E-state index contributed by atoms with van der Waals surface area (Å²) in [6.07, 6.45) is 0.586. The lowest BCUT2D eigenvalue weighted by Gasteiger charge is -2.21. The summed E-state index contributed by atoms with van der Waals surface area (Å²) in [5, 5.41) is 0. The number of benzene rings is 2. The summed E-state index contributed by atoms with van der Waals surface area (Å²) in [4.78, 5) is 0.203. The Hall–Kier alpha value is -2.08. The molecule has 1 heterocycles. The first kappa shape index (κ1) is 13.9. The molecule has 21 heavy (non-hydrogen) atoms. The van der Waals surface area contributed by atoms with Gasteiger partial charge in [0.1, 0.15) is 5.82 Å². The van der Waals surface area contributed by atoms with Gasteiger partial charge < -0.3 is 5.73 Å². The first-order valence-electron chi connectivity index (χ1n) is 6.57. The number of sulfonamides is 1. The lowest BCUT2D eigenvalue weighted by Crippen LogP contribution is -2.29. The van der Waals surface area contributed by atoms with Crippen molar-refractivity contribution in [3.05, 3.63) is 53.3 Å². The molecular formula is C15H15FN2O2S. The van der Waals surface area contributed by atoms with Crippen LogP contribution in [0.5, 0.6) is 0 Å². The molecule has 0 saturated heterocycles. The molecule has 2 aromatic rings. The number of rotatable bonds is 2. The predicted molar refractivity (Wildman–Crippen MR) is 80.2 cm³/mol. The molecule has 0 bridgehead atoms. The SMILES string of the molecule is Cc1cc(N)ccc1S(=O)(=O)N1CCc2ccc(F)cc21. The third-order valence-electron chi connectivity index (χ3n) is 3.67. The van der Waals surface area contributed by atoms with Gasteiger partial charge in [-0.2, -0.15) is 0 Å². The van der Waals surface area contributed by atoms with Gasteiger partial charge in [0.2, 0.25) is 0 Å². The van der Waals surface area contributed by atoms with E-state index in [0.717, 1.165) is 5.56 Å². The van der Waals surface area contributed by atoms with Gasteiger partial charge in [0.15, 0.2) is 0 Å². The van der Waals surface area contributed by atoms with E-state index in [4.69, 9.17) is 5.73 Å². The van der Waals surface area contributed by atoms with Crippen molar-refractivity contribution < 1.29 is 12.8 Å². The smallest absolute Gasteiger partial charge is 0.264 e. The lowest BCUT2D eigenvalue weighted by molar-refractivity contribution is 0.591. The number of fused-ring (bicyclic) bond motifs is 1. The van der Waals surface area contributed by atoms with Gasteiger partial charge in [-0.3, -0.25) is 4.31 Å². The Bertz CT molecular complexity index is 818. The Morgan fingerprint density at radius 1 is 1.19 bits per heavy atom. The van der Waals surface area contributed by atoms with E-state index < -0.39 is 15.8 Å². The van der Waals surface area contributed by atoms with Gasteiger partial charge in [-0.25, -0.2) is 12.8 Å². The summed E-state index contributed by atoms with van der Waals surface area (Å²) in [5.41, 5.74) is 8.02. The van der Waals surface area contributed by atoms with Crippen LogP contribution in [0.2, 0.25) is 0 Å². The highest BCUT2D eigenvalue weighted by Crippen LogP contribution is 2.34. The van der Waals surface area contributed by atoms with Crippen molar-refractivity contribution in [2.24, 2.45) is 0 Å². The predicted octanol–water partition coefficient (Wildman–Crippen LogP) is 2.47. The van der Waals surface area contributed by atoms with Crippen LogP contribution in [-0.2, 0) is 16.4 Å². The largest absolute Gasteiger partial charge is 0.399 e. The second kappa shape index (κ2) is 4.73. The highest BCUT2D eigenvalue weighted by Gasteiger charge is 2.32. The van der Waals surface area contributed by atoms with E-state index in [1.54, 1.807) is 25.1 Å². The third-order valence-corrected chi connectivity index (χ3v) is 5.64. The molecule has 6 heteroatoms. The van der Waals surface area contributed by atoms with Gasteiger partial charge in [-0.05, 0) is 54.8 Å². The van der Waals surface area contributed by atoms with Gasteiger partial charge >= 0.3 is 0 Å². The number of aryl methyl sites for hydroxylation is 1. The molecule has 0 amide bonds. The fourth-order valence-electron chi connectivity index (χ4n) is 2.65. The molecule has 0 unspecified atom stereocenters. The van der Waals surface area contributed by atoms with Crippen LogP contribution in [0.4, 0.5) is 15.8 Å². The zero-order valence-electron chi connectivity index (χ0n) is 11.5. The van der Waals surface area contributed by atoms with Gasteiger partial charge in [0, 0.05) is 12.2 Å². The average Bonchev–Trinajstić information content (AvgIpc) is 2.81. The van der Waals surface area contributed by atoms with E-state index >= 15 is 0 Å².